The quantitative estimate of drug-likeness (QED) is 0.614. The summed E-state index contributed by atoms with van der Waals surface area (Å²) in [6.07, 6.45) is 0.523. The number of halogens is 1. The molecule has 4 N–H and O–H groups in total. The molecule has 0 radical (unpaired) electrons. The molecule has 0 aliphatic carbocycles. The van der Waals surface area contributed by atoms with E-state index in [0.717, 1.165) is 4.88 Å². The Hall–Kier alpha value is -0.0651. The van der Waals surface area contributed by atoms with E-state index in [0.29, 0.717) is 6.42 Å². The van der Waals surface area contributed by atoms with Crippen LogP contribution in [0.2, 0.25) is 0 Å². The third kappa shape index (κ3) is 3.56. The Morgan fingerprint density at radius 1 is 1.58 bits per heavy atom. The lowest BCUT2D eigenvalue weighted by Gasteiger charge is -2.06. The molecule has 1 aromatic heterocycles. The van der Waals surface area contributed by atoms with Gasteiger partial charge in [-0.3, -0.25) is 0 Å². The highest BCUT2D eigenvalue weighted by Gasteiger charge is 2.18. The van der Waals surface area contributed by atoms with Gasteiger partial charge in [-0.1, -0.05) is 6.07 Å². The van der Waals surface area contributed by atoms with E-state index in [1.807, 2.05) is 17.5 Å². The van der Waals surface area contributed by atoms with Crippen molar-refractivity contribution in [3.8, 4) is 0 Å². The average molecular weight is 207 g/mol. The molecule has 68 valence electrons. The van der Waals surface area contributed by atoms with Gasteiger partial charge in [-0.2, -0.15) is 0 Å². The number of hydrogen-bond acceptors (Lipinski definition) is 4. The van der Waals surface area contributed by atoms with Crippen LogP contribution in [0, 0.1) is 0 Å². The highest BCUT2D eigenvalue weighted by Crippen LogP contribution is 2.10. The highest BCUT2D eigenvalue weighted by molar-refractivity contribution is 7.09. The Kier molecular flexibility index (Phi) is 5.53. The van der Waals surface area contributed by atoms with Crippen molar-refractivity contribution >= 4 is 30.9 Å². The van der Waals surface area contributed by atoms with E-state index in [4.69, 9.17) is 15.8 Å². The van der Waals surface area contributed by atoms with Crippen LogP contribution in [-0.2, 0) is 6.42 Å². The molecule has 1 heterocycles. The smallest absolute Gasteiger partial charge is 0.426 e. The normalized spacial score (nSPS) is 11.9. The summed E-state index contributed by atoms with van der Waals surface area (Å²) in [6, 6.07) is 3.84. The summed E-state index contributed by atoms with van der Waals surface area (Å²) in [5.74, 6) is -0.575. The van der Waals surface area contributed by atoms with E-state index in [-0.39, 0.29) is 12.4 Å². The second kappa shape index (κ2) is 5.56. The maximum absolute atomic E-state index is 8.65. The molecule has 0 bridgehead atoms. The lowest BCUT2D eigenvalue weighted by Crippen LogP contribution is -2.40. The van der Waals surface area contributed by atoms with Crippen molar-refractivity contribution in [2.75, 3.05) is 0 Å². The topological polar surface area (TPSA) is 66.5 Å². The van der Waals surface area contributed by atoms with Crippen molar-refractivity contribution in [1.29, 1.82) is 0 Å². The van der Waals surface area contributed by atoms with Crippen molar-refractivity contribution in [3.63, 3.8) is 0 Å². The first-order valence-corrected chi connectivity index (χ1v) is 4.22. The molecule has 12 heavy (non-hydrogen) atoms. The van der Waals surface area contributed by atoms with Crippen LogP contribution >= 0.6 is 23.7 Å². The van der Waals surface area contributed by atoms with Crippen LogP contribution in [0.15, 0.2) is 17.5 Å². The van der Waals surface area contributed by atoms with Gasteiger partial charge in [-0.05, 0) is 17.9 Å². The summed E-state index contributed by atoms with van der Waals surface area (Å²) >= 11 is 1.57. The Bertz CT molecular complexity index is 207. The summed E-state index contributed by atoms with van der Waals surface area (Å²) in [6.45, 7) is 0. The molecule has 0 saturated carbocycles. The Morgan fingerprint density at radius 2 is 2.25 bits per heavy atom. The van der Waals surface area contributed by atoms with E-state index in [1.165, 1.54) is 0 Å². The molecule has 1 aromatic rings. The molecule has 6 heteroatoms. The molecule has 0 amide bonds. The highest BCUT2D eigenvalue weighted by atomic mass is 35.5. The van der Waals surface area contributed by atoms with E-state index in [9.17, 15) is 0 Å². The summed E-state index contributed by atoms with van der Waals surface area (Å²) in [7, 11) is -1.42. The third-order valence-electron chi connectivity index (χ3n) is 1.40. The van der Waals surface area contributed by atoms with E-state index < -0.39 is 13.1 Å². The molecule has 0 aliphatic heterocycles. The van der Waals surface area contributed by atoms with Crippen molar-refractivity contribution in [3.05, 3.63) is 22.4 Å². The van der Waals surface area contributed by atoms with Gasteiger partial charge in [0.2, 0.25) is 0 Å². The van der Waals surface area contributed by atoms with Crippen molar-refractivity contribution in [2.45, 2.75) is 12.4 Å². The third-order valence-corrected chi connectivity index (χ3v) is 2.30. The molecule has 0 saturated heterocycles. The molecule has 3 nitrogen and oxygen atoms in total. The van der Waals surface area contributed by atoms with Gasteiger partial charge in [-0.25, -0.2) is 0 Å². The first-order chi connectivity index (χ1) is 5.20. The molecule has 1 rings (SSSR count). The van der Waals surface area contributed by atoms with Crippen LogP contribution < -0.4 is 5.73 Å². The van der Waals surface area contributed by atoms with E-state index >= 15 is 0 Å². The first kappa shape index (κ1) is 11.9. The molecular formula is C6H11BClNO2S. The predicted molar refractivity (Wildman–Crippen MR) is 53.4 cm³/mol. The zero-order valence-corrected chi connectivity index (χ0v) is 8.02. The first-order valence-electron chi connectivity index (χ1n) is 3.34. The fourth-order valence-corrected chi connectivity index (χ4v) is 1.54. The van der Waals surface area contributed by atoms with E-state index in [2.05, 4.69) is 0 Å². The van der Waals surface area contributed by atoms with Crippen molar-refractivity contribution in [1.82, 2.24) is 0 Å². The van der Waals surface area contributed by atoms with Crippen LogP contribution in [-0.4, -0.2) is 23.1 Å². The van der Waals surface area contributed by atoms with Gasteiger partial charge in [0.05, 0.1) is 0 Å². The Morgan fingerprint density at radius 3 is 2.67 bits per heavy atom. The molecule has 1 atom stereocenters. The molecule has 0 fully saturated rings. The summed E-state index contributed by atoms with van der Waals surface area (Å²) in [5.41, 5.74) is 5.41. The monoisotopic (exact) mass is 207 g/mol. The Labute approximate surface area is 81.8 Å². The van der Waals surface area contributed by atoms with E-state index in [1.54, 1.807) is 11.3 Å². The maximum atomic E-state index is 8.65. The lowest BCUT2D eigenvalue weighted by molar-refractivity contribution is 0.386. The van der Waals surface area contributed by atoms with Gasteiger partial charge in [0.1, 0.15) is 0 Å². The number of thiophene rings is 1. The maximum Gasteiger partial charge on any atom is 0.469 e. The van der Waals surface area contributed by atoms with Crippen LogP contribution in [0.25, 0.3) is 0 Å². The predicted octanol–water partition coefficient (Wildman–Crippen LogP) is 0.0517. The molecule has 1 unspecified atom stereocenters. The number of rotatable bonds is 3. The van der Waals surface area contributed by atoms with Crippen LogP contribution in [0.4, 0.5) is 0 Å². The SMILES string of the molecule is Cl.NC(Cc1cccs1)B(O)O. The van der Waals surface area contributed by atoms with Crippen LogP contribution in [0.3, 0.4) is 0 Å². The van der Waals surface area contributed by atoms with Gasteiger partial charge in [0.25, 0.3) is 0 Å². The summed E-state index contributed by atoms with van der Waals surface area (Å²) < 4.78 is 0. The molecule has 0 aliphatic rings. The summed E-state index contributed by atoms with van der Waals surface area (Å²) in [5, 5.41) is 19.2. The number of nitrogens with two attached hydrogens (primary N) is 1. The van der Waals surface area contributed by atoms with Gasteiger partial charge in [0.15, 0.2) is 0 Å². The van der Waals surface area contributed by atoms with Gasteiger partial charge in [-0.15, -0.1) is 23.7 Å². The lowest BCUT2D eigenvalue weighted by atomic mass is 9.78. The van der Waals surface area contributed by atoms with Crippen molar-refractivity contribution in [2.24, 2.45) is 5.73 Å². The average Bonchev–Trinajstić information content (AvgIpc) is 2.39. The standard InChI is InChI=1S/C6H10BNO2S.ClH/c8-6(7(9)10)4-5-2-1-3-11-5;/h1-3,6,9-10H,4,8H2;1H. The second-order valence-electron chi connectivity index (χ2n) is 2.36. The minimum atomic E-state index is -1.42. The van der Waals surface area contributed by atoms with Gasteiger partial charge in [0, 0.05) is 10.8 Å². The summed E-state index contributed by atoms with van der Waals surface area (Å²) in [4.78, 5) is 1.07. The largest absolute Gasteiger partial charge is 0.469 e. The van der Waals surface area contributed by atoms with Gasteiger partial charge >= 0.3 is 7.12 Å². The second-order valence-corrected chi connectivity index (χ2v) is 3.39. The zero-order chi connectivity index (χ0) is 8.27. The van der Waals surface area contributed by atoms with Crippen LogP contribution in [0.5, 0.6) is 0 Å². The van der Waals surface area contributed by atoms with Crippen LogP contribution in [0.1, 0.15) is 4.88 Å². The van der Waals surface area contributed by atoms with Crippen molar-refractivity contribution < 1.29 is 10.0 Å². The number of hydrogen-bond donors (Lipinski definition) is 3. The molecule has 0 aromatic carbocycles. The zero-order valence-electron chi connectivity index (χ0n) is 6.38. The minimum Gasteiger partial charge on any atom is -0.426 e. The molecular weight excluding hydrogens is 196 g/mol. The Balaban J connectivity index is 0.00000121. The fraction of sp³-hybridized carbons (Fsp3) is 0.333. The molecule has 0 spiro atoms. The fourth-order valence-electron chi connectivity index (χ4n) is 0.766. The minimum absolute atomic E-state index is 0. The van der Waals surface area contributed by atoms with Gasteiger partial charge < -0.3 is 15.8 Å².